The molecule has 0 aliphatic heterocycles. The Morgan fingerprint density at radius 3 is 2.34 bits per heavy atom. The van der Waals surface area contributed by atoms with E-state index in [-0.39, 0.29) is 46.5 Å². The van der Waals surface area contributed by atoms with Crippen molar-refractivity contribution in [2.24, 2.45) is 10.2 Å². The molecule has 0 bridgehead atoms. The van der Waals surface area contributed by atoms with Crippen molar-refractivity contribution in [3.8, 4) is 5.75 Å². The summed E-state index contributed by atoms with van der Waals surface area (Å²) in [7, 11) is -6.52. The van der Waals surface area contributed by atoms with E-state index in [1.165, 1.54) is 54.7 Å². The van der Waals surface area contributed by atoms with Crippen LogP contribution in [0.4, 0.5) is 17.2 Å². The van der Waals surface area contributed by atoms with Crippen LogP contribution >= 0.6 is 10.8 Å². The molecule has 41 heavy (non-hydrogen) atoms. The fourth-order valence-electron chi connectivity index (χ4n) is 3.15. The number of esters is 2. The Hall–Kier alpha value is -3.82. The fourth-order valence-corrected chi connectivity index (χ4v) is 5.72. The molecule has 2 aromatic carbocycles. The molecule has 0 unspecified atom stereocenters. The molecular weight excluding hydrogens is 593 g/mol. The lowest BCUT2D eigenvalue weighted by Crippen LogP contribution is -2.13. The first kappa shape index (κ1) is 31.7. The van der Waals surface area contributed by atoms with Crippen LogP contribution in [0.15, 0.2) is 82.0 Å². The number of ether oxygens (including phenoxy) is 2. The van der Waals surface area contributed by atoms with Gasteiger partial charge in [-0.1, -0.05) is 19.4 Å². The van der Waals surface area contributed by atoms with Gasteiger partial charge in [0.05, 0.1) is 16.3 Å². The zero-order chi connectivity index (χ0) is 29.9. The van der Waals surface area contributed by atoms with E-state index in [4.69, 9.17) is 9.47 Å². The number of pyridine rings is 1. The lowest BCUT2D eigenvalue weighted by molar-refractivity contribution is -0.134. The second kappa shape index (κ2) is 14.7. The summed E-state index contributed by atoms with van der Waals surface area (Å²) < 4.78 is 60.7. The number of azo groups is 1. The number of unbranched alkanes of at least 4 members (excludes halogenated alkanes) is 1. The summed E-state index contributed by atoms with van der Waals surface area (Å²) in [6, 6.07) is 14.7. The molecule has 0 radical (unpaired) electrons. The summed E-state index contributed by atoms with van der Waals surface area (Å²) in [6.07, 6.45) is 4.09. The highest BCUT2D eigenvalue weighted by atomic mass is 33.1. The number of carbonyl (C=O) groups is 2. The van der Waals surface area contributed by atoms with Crippen LogP contribution < -0.4 is 9.46 Å². The number of hydrogen-bond acceptors (Lipinski definition) is 12. The fraction of sp³-hybridized carbons (Fsp3) is 0.269. The first-order valence-corrected chi connectivity index (χ1v) is 17.2. The second-order valence-corrected chi connectivity index (χ2v) is 14.7. The Labute approximate surface area is 242 Å². The van der Waals surface area contributed by atoms with Gasteiger partial charge in [0, 0.05) is 24.6 Å². The summed E-state index contributed by atoms with van der Waals surface area (Å²) in [4.78, 5) is 28.9. The van der Waals surface area contributed by atoms with Gasteiger partial charge in [0.2, 0.25) is 0 Å². The van der Waals surface area contributed by atoms with E-state index in [1.54, 1.807) is 12.1 Å². The average molecular weight is 621 g/mol. The molecule has 3 rings (SSSR count). The minimum atomic E-state index is -3.86. The maximum atomic E-state index is 12.8. The highest BCUT2D eigenvalue weighted by Gasteiger charge is 2.19. The van der Waals surface area contributed by atoms with Crippen molar-refractivity contribution in [1.29, 1.82) is 0 Å². The first-order chi connectivity index (χ1) is 19.5. The number of nitrogens with zero attached hydrogens (tertiary/aromatic N) is 3. The van der Waals surface area contributed by atoms with Gasteiger partial charge >= 0.3 is 11.9 Å². The SMILES string of the molecule is CCCCC(=O)Oc1ccc(N=Nc2ccc(S(=O)(=O)Nc3ccccn3)cc2)cc1C(=O)OCCSS(C)(=O)=O. The maximum Gasteiger partial charge on any atom is 0.342 e. The molecule has 218 valence electrons. The summed E-state index contributed by atoms with van der Waals surface area (Å²) in [6.45, 7) is 1.74. The number of aromatic nitrogens is 1. The molecule has 1 aromatic heterocycles. The summed E-state index contributed by atoms with van der Waals surface area (Å²) in [5.74, 6) is -1.17. The predicted octanol–water partition coefficient (Wildman–Crippen LogP) is 5.24. The molecule has 0 aliphatic carbocycles. The zero-order valence-electron chi connectivity index (χ0n) is 22.2. The third kappa shape index (κ3) is 10.6. The Balaban J connectivity index is 1.76. The van der Waals surface area contributed by atoms with E-state index in [2.05, 4.69) is 19.9 Å². The van der Waals surface area contributed by atoms with Gasteiger partial charge in [-0.25, -0.2) is 26.6 Å². The number of rotatable bonds is 14. The van der Waals surface area contributed by atoms with Crippen LogP contribution in [0.25, 0.3) is 0 Å². The Morgan fingerprint density at radius 2 is 1.68 bits per heavy atom. The zero-order valence-corrected chi connectivity index (χ0v) is 24.7. The second-order valence-electron chi connectivity index (χ2n) is 8.43. The molecule has 0 spiro atoms. The van der Waals surface area contributed by atoms with E-state index in [9.17, 15) is 26.4 Å². The molecule has 0 atom stereocenters. The van der Waals surface area contributed by atoms with Crippen molar-refractivity contribution >= 4 is 58.8 Å². The largest absolute Gasteiger partial charge is 0.461 e. The van der Waals surface area contributed by atoms with Gasteiger partial charge in [-0.05, 0) is 71.8 Å². The van der Waals surface area contributed by atoms with Crippen LogP contribution in [0.5, 0.6) is 5.75 Å². The van der Waals surface area contributed by atoms with E-state index < -0.39 is 30.8 Å². The number of benzene rings is 2. The highest BCUT2D eigenvalue weighted by Crippen LogP contribution is 2.28. The lowest BCUT2D eigenvalue weighted by Gasteiger charge is -2.11. The molecule has 12 nitrogen and oxygen atoms in total. The van der Waals surface area contributed by atoms with Gasteiger partial charge in [0.1, 0.15) is 23.7 Å². The smallest absolute Gasteiger partial charge is 0.342 e. The number of anilines is 1. The molecule has 0 saturated heterocycles. The summed E-state index contributed by atoms with van der Waals surface area (Å²) in [5.41, 5.74) is 0.473. The van der Waals surface area contributed by atoms with E-state index in [1.807, 2.05) is 6.92 Å². The van der Waals surface area contributed by atoms with E-state index >= 15 is 0 Å². The Kier molecular flexibility index (Phi) is 11.4. The van der Waals surface area contributed by atoms with Gasteiger partial charge in [-0.3, -0.25) is 9.52 Å². The number of hydrogen-bond donors (Lipinski definition) is 1. The van der Waals surface area contributed by atoms with Gasteiger partial charge in [0.15, 0.2) is 8.87 Å². The monoisotopic (exact) mass is 620 g/mol. The minimum Gasteiger partial charge on any atom is -0.461 e. The minimum absolute atomic E-state index is 0.00425. The molecule has 0 fully saturated rings. The van der Waals surface area contributed by atoms with Crippen molar-refractivity contribution in [3.63, 3.8) is 0 Å². The van der Waals surface area contributed by atoms with Crippen LogP contribution in [0, 0.1) is 0 Å². The van der Waals surface area contributed by atoms with Crippen molar-refractivity contribution in [2.45, 2.75) is 31.1 Å². The molecule has 1 N–H and O–H groups in total. The van der Waals surface area contributed by atoms with Crippen molar-refractivity contribution in [1.82, 2.24) is 4.98 Å². The normalized spacial score (nSPS) is 11.8. The number of carbonyl (C=O) groups excluding carboxylic acids is 2. The third-order valence-corrected chi connectivity index (χ3v) is 9.00. The molecule has 0 saturated carbocycles. The number of nitrogens with one attached hydrogen (secondary N) is 1. The Bertz CT molecular complexity index is 1600. The van der Waals surface area contributed by atoms with Crippen molar-refractivity contribution < 1.29 is 35.9 Å². The van der Waals surface area contributed by atoms with Gasteiger partial charge in [-0.15, -0.1) is 0 Å². The molecular formula is C26H28N4O8S3. The topological polar surface area (TPSA) is 171 Å². The predicted molar refractivity (Wildman–Crippen MR) is 155 cm³/mol. The molecule has 3 aromatic rings. The van der Waals surface area contributed by atoms with Crippen LogP contribution in [0.2, 0.25) is 0 Å². The summed E-state index contributed by atoms with van der Waals surface area (Å²) in [5, 5.41) is 8.18. The quantitative estimate of drug-likeness (QED) is 0.0826. The standard InChI is InChI=1S/C26H28N4O8S3/c1-3-4-8-25(31)38-23-14-11-20(18-22(23)26(32)37-16-17-39-40(2,33)34)29-28-19-9-12-21(13-10-19)41(35,36)30-24-7-5-6-15-27-24/h5-7,9-15,18H,3-4,8,16-17H2,1-2H3,(H,27,30). The highest BCUT2D eigenvalue weighted by molar-refractivity contribution is 8.71. The van der Waals surface area contributed by atoms with E-state index in [0.29, 0.717) is 22.9 Å². The first-order valence-electron chi connectivity index (χ1n) is 12.3. The van der Waals surface area contributed by atoms with Crippen LogP contribution in [0.3, 0.4) is 0 Å². The van der Waals surface area contributed by atoms with Crippen molar-refractivity contribution in [2.75, 3.05) is 23.3 Å². The molecule has 1 heterocycles. The lowest BCUT2D eigenvalue weighted by atomic mass is 10.1. The maximum absolute atomic E-state index is 12.8. The number of sulfonamides is 1. The van der Waals surface area contributed by atoms with E-state index in [0.717, 1.165) is 12.7 Å². The third-order valence-electron chi connectivity index (χ3n) is 5.09. The Morgan fingerprint density at radius 1 is 0.976 bits per heavy atom. The molecule has 15 heteroatoms. The van der Waals surface area contributed by atoms with Gasteiger partial charge in [0.25, 0.3) is 10.0 Å². The average Bonchev–Trinajstić information content (AvgIpc) is 2.93. The van der Waals surface area contributed by atoms with Gasteiger partial charge < -0.3 is 9.47 Å². The summed E-state index contributed by atoms with van der Waals surface area (Å²) >= 11 is 0. The molecule has 0 amide bonds. The van der Waals surface area contributed by atoms with Crippen molar-refractivity contribution in [3.05, 3.63) is 72.4 Å². The molecule has 0 aliphatic rings. The van der Waals surface area contributed by atoms with Gasteiger partial charge in [-0.2, -0.15) is 10.2 Å². The van der Waals surface area contributed by atoms with Crippen LogP contribution in [-0.4, -0.2) is 52.4 Å². The van der Waals surface area contributed by atoms with Crippen LogP contribution in [-0.2, 0) is 28.4 Å². The van der Waals surface area contributed by atoms with Crippen LogP contribution in [0.1, 0.15) is 36.5 Å².